The number of amides is 2. The number of para-hydroxylation sites is 4. The van der Waals surface area contributed by atoms with E-state index in [1.54, 1.807) is 24.3 Å². The van der Waals surface area contributed by atoms with Crippen molar-refractivity contribution >= 4 is 37.6 Å². The van der Waals surface area contributed by atoms with Crippen LogP contribution >= 0.6 is 0 Å². The van der Waals surface area contributed by atoms with Gasteiger partial charge in [-0.1, -0.05) is 50.5 Å². The number of hydrogen-bond acceptors (Lipinski definition) is 7. The van der Waals surface area contributed by atoms with E-state index >= 15 is 0 Å². The second kappa shape index (κ2) is 11.7. The molecule has 0 heterocycles. The third-order valence-electron chi connectivity index (χ3n) is 4.31. The van der Waals surface area contributed by atoms with E-state index in [4.69, 9.17) is 8.37 Å². The Morgan fingerprint density at radius 3 is 1.75 bits per heavy atom. The Morgan fingerprint density at radius 2 is 1.25 bits per heavy atom. The van der Waals surface area contributed by atoms with Gasteiger partial charge in [0.15, 0.2) is 11.5 Å². The van der Waals surface area contributed by atoms with Crippen molar-refractivity contribution < 1.29 is 30.0 Å². The second-order valence-corrected chi connectivity index (χ2v) is 10.5. The van der Waals surface area contributed by atoms with Gasteiger partial charge in [0.05, 0.1) is 22.9 Å². The topological polar surface area (TPSA) is 128 Å². The maximum Gasteiger partial charge on any atom is 0.323 e. The summed E-state index contributed by atoms with van der Waals surface area (Å²) in [6.45, 7) is 3.47. The number of benzene rings is 2. The van der Waals surface area contributed by atoms with Crippen molar-refractivity contribution in [3.8, 4) is 11.5 Å². The van der Waals surface area contributed by atoms with Crippen LogP contribution in [0.2, 0.25) is 0 Å². The van der Waals surface area contributed by atoms with Crippen molar-refractivity contribution in [2.24, 2.45) is 0 Å². The Hall–Kier alpha value is -2.79. The fourth-order valence-electron chi connectivity index (χ4n) is 2.64. The number of unbranched alkanes of at least 4 members (excludes halogenated alkanes) is 3. The normalized spacial score (nSPS) is 11.6. The molecule has 0 aliphatic heterocycles. The van der Waals surface area contributed by atoms with Crippen LogP contribution in [0.25, 0.3) is 0 Å². The zero-order valence-corrected chi connectivity index (χ0v) is 19.7. The minimum absolute atomic E-state index is 0.0174. The van der Waals surface area contributed by atoms with Crippen LogP contribution < -0.4 is 19.0 Å². The summed E-state index contributed by atoms with van der Waals surface area (Å²) in [5.41, 5.74) is 0.269. The fraction of sp³-hybridized carbons (Fsp3) is 0.381. The third kappa shape index (κ3) is 8.39. The van der Waals surface area contributed by atoms with E-state index < -0.39 is 26.3 Å². The minimum atomic E-state index is -3.82. The van der Waals surface area contributed by atoms with Crippen LogP contribution in [-0.2, 0) is 20.2 Å². The quantitative estimate of drug-likeness (QED) is 0.339. The molecule has 2 aromatic carbocycles. The lowest BCUT2D eigenvalue weighted by Gasteiger charge is -2.14. The molecule has 2 rings (SSSR count). The highest BCUT2D eigenvalue weighted by molar-refractivity contribution is 7.87. The van der Waals surface area contributed by atoms with Gasteiger partial charge in [0.25, 0.3) is 0 Å². The van der Waals surface area contributed by atoms with Crippen molar-refractivity contribution in [3.63, 3.8) is 0 Å². The molecule has 0 saturated carbocycles. The van der Waals surface area contributed by atoms with Gasteiger partial charge in [0.2, 0.25) is 0 Å². The Labute approximate surface area is 189 Å². The Kier molecular flexibility index (Phi) is 9.33. The van der Waals surface area contributed by atoms with E-state index in [-0.39, 0.29) is 34.4 Å². The molecule has 0 aliphatic carbocycles. The highest BCUT2D eigenvalue weighted by Gasteiger charge is 2.18. The molecule has 2 amide bonds. The van der Waals surface area contributed by atoms with Crippen molar-refractivity contribution in [2.75, 3.05) is 22.1 Å². The van der Waals surface area contributed by atoms with Crippen LogP contribution in [0.4, 0.5) is 16.2 Å². The van der Waals surface area contributed by atoms with Crippen LogP contribution in [0.5, 0.6) is 11.5 Å². The van der Waals surface area contributed by atoms with Gasteiger partial charge in [0.1, 0.15) is 0 Å². The zero-order valence-electron chi connectivity index (χ0n) is 18.0. The first-order chi connectivity index (χ1) is 15.2. The van der Waals surface area contributed by atoms with Gasteiger partial charge in [0, 0.05) is 0 Å². The molecular formula is C21H28N2O7S2. The highest BCUT2D eigenvalue weighted by Crippen LogP contribution is 2.28. The molecule has 32 heavy (non-hydrogen) atoms. The van der Waals surface area contributed by atoms with Crippen LogP contribution in [-0.4, -0.2) is 34.4 Å². The predicted octanol–water partition coefficient (Wildman–Crippen LogP) is 4.35. The lowest BCUT2D eigenvalue weighted by atomic mass is 10.2. The summed E-state index contributed by atoms with van der Waals surface area (Å²) in [5, 5.41) is 5.02. The summed E-state index contributed by atoms with van der Waals surface area (Å²) in [4.78, 5) is 12.5. The molecule has 0 saturated heterocycles. The lowest BCUT2D eigenvalue weighted by molar-refractivity contribution is 0.262. The maximum atomic E-state index is 12.5. The maximum absolute atomic E-state index is 12.5. The molecule has 0 aliphatic rings. The van der Waals surface area contributed by atoms with Gasteiger partial charge in [-0.05, 0) is 37.6 Å². The van der Waals surface area contributed by atoms with Crippen LogP contribution in [0.15, 0.2) is 48.5 Å². The van der Waals surface area contributed by atoms with E-state index in [1.165, 1.54) is 31.2 Å². The first kappa shape index (κ1) is 25.5. The van der Waals surface area contributed by atoms with E-state index in [9.17, 15) is 21.6 Å². The van der Waals surface area contributed by atoms with Gasteiger partial charge in [-0.3, -0.25) is 0 Å². The lowest BCUT2D eigenvalue weighted by Crippen LogP contribution is -2.22. The Balaban J connectivity index is 2.09. The first-order valence-electron chi connectivity index (χ1n) is 10.3. The molecule has 0 aromatic heterocycles. The average molecular weight is 485 g/mol. The minimum Gasteiger partial charge on any atom is -0.380 e. The molecule has 0 bridgehead atoms. The summed E-state index contributed by atoms with van der Waals surface area (Å²) in [5.74, 6) is -0.407. The highest BCUT2D eigenvalue weighted by atomic mass is 32.2. The van der Waals surface area contributed by atoms with Crippen LogP contribution in [0, 0.1) is 0 Å². The molecule has 9 nitrogen and oxygen atoms in total. The largest absolute Gasteiger partial charge is 0.380 e. The Bertz CT molecular complexity index is 1120. The van der Waals surface area contributed by atoms with Crippen molar-refractivity contribution in [1.82, 2.24) is 0 Å². The SMILES string of the molecule is CCCCCCS(=O)(=O)Oc1ccccc1NC(=O)Nc1ccccc1OS(=O)(=O)CC. The molecule has 0 atom stereocenters. The monoisotopic (exact) mass is 484 g/mol. The summed E-state index contributed by atoms with van der Waals surface area (Å²) in [7, 11) is -7.61. The van der Waals surface area contributed by atoms with E-state index in [0.717, 1.165) is 19.3 Å². The van der Waals surface area contributed by atoms with Gasteiger partial charge in [-0.2, -0.15) is 16.8 Å². The standard InChI is InChI=1S/C21H28N2O7S2/c1-3-5-6-11-16-32(27,28)30-20-15-10-8-13-18(20)23-21(24)22-17-12-7-9-14-19(17)29-31(25,26)4-2/h7-10,12-15H,3-6,11,16H2,1-2H3,(H2,22,23,24). The van der Waals surface area contributed by atoms with Gasteiger partial charge < -0.3 is 19.0 Å². The van der Waals surface area contributed by atoms with Gasteiger partial charge >= 0.3 is 26.3 Å². The van der Waals surface area contributed by atoms with E-state index in [1.807, 2.05) is 6.92 Å². The number of carbonyl (C=O) groups excluding carboxylic acids is 1. The molecular weight excluding hydrogens is 456 g/mol. The zero-order chi connectivity index (χ0) is 23.6. The van der Waals surface area contributed by atoms with Crippen LogP contribution in [0.1, 0.15) is 39.5 Å². The number of carbonyl (C=O) groups is 1. The number of anilines is 2. The molecule has 0 unspecified atom stereocenters. The second-order valence-electron chi connectivity index (χ2n) is 6.91. The van der Waals surface area contributed by atoms with Crippen molar-refractivity contribution in [1.29, 1.82) is 0 Å². The number of nitrogens with one attached hydrogen (secondary N) is 2. The molecule has 2 N–H and O–H groups in total. The smallest absolute Gasteiger partial charge is 0.323 e. The number of rotatable bonds is 12. The predicted molar refractivity (Wildman–Crippen MR) is 124 cm³/mol. The summed E-state index contributed by atoms with van der Waals surface area (Å²) in [6, 6.07) is 11.4. The molecule has 0 spiro atoms. The van der Waals surface area contributed by atoms with Crippen molar-refractivity contribution in [3.05, 3.63) is 48.5 Å². The summed E-state index contributed by atoms with van der Waals surface area (Å²) in [6.07, 6.45) is 3.21. The Morgan fingerprint density at radius 1 is 0.750 bits per heavy atom. The van der Waals surface area contributed by atoms with Crippen molar-refractivity contribution in [2.45, 2.75) is 39.5 Å². The molecule has 2 aromatic rings. The summed E-state index contributed by atoms with van der Waals surface area (Å²) >= 11 is 0. The average Bonchev–Trinajstić information content (AvgIpc) is 2.74. The van der Waals surface area contributed by atoms with E-state index in [0.29, 0.717) is 6.42 Å². The van der Waals surface area contributed by atoms with Gasteiger partial charge in [-0.25, -0.2) is 4.79 Å². The fourth-order valence-corrected chi connectivity index (χ4v) is 4.24. The van der Waals surface area contributed by atoms with Crippen LogP contribution in [0.3, 0.4) is 0 Å². The number of urea groups is 1. The third-order valence-corrected chi connectivity index (χ3v) is 6.67. The number of hydrogen-bond donors (Lipinski definition) is 2. The van der Waals surface area contributed by atoms with Gasteiger partial charge in [-0.15, -0.1) is 0 Å². The molecule has 11 heteroatoms. The molecule has 0 radical (unpaired) electrons. The molecule has 0 fully saturated rings. The molecule has 176 valence electrons. The van der Waals surface area contributed by atoms with E-state index in [2.05, 4.69) is 10.6 Å². The summed E-state index contributed by atoms with van der Waals surface area (Å²) < 4.78 is 58.3. The first-order valence-corrected chi connectivity index (χ1v) is 13.4.